The molecular formula is C16H10N2. The van der Waals surface area contributed by atoms with Crippen LogP contribution in [0.1, 0.15) is 0 Å². The first kappa shape index (κ1) is 9.54. The fraction of sp³-hybridized carbons (Fsp3) is 0. The van der Waals surface area contributed by atoms with Gasteiger partial charge in [0, 0.05) is 10.8 Å². The molecule has 0 aliphatic rings. The molecule has 0 spiro atoms. The van der Waals surface area contributed by atoms with E-state index in [1.54, 1.807) is 0 Å². The molecule has 4 aromatic rings. The maximum absolute atomic E-state index is 3.99. The number of nitrogens with zero attached hydrogens (tertiary/aromatic N) is 2. The Hall–Kier alpha value is -2.48. The molecule has 3 aromatic carbocycles. The van der Waals surface area contributed by atoms with Crippen LogP contribution in [-0.4, -0.2) is 10.2 Å². The van der Waals surface area contributed by atoms with Gasteiger partial charge in [0.15, 0.2) is 0 Å². The van der Waals surface area contributed by atoms with Crippen molar-refractivity contribution in [2.75, 3.05) is 0 Å². The minimum atomic E-state index is 1.13. The van der Waals surface area contributed by atoms with Gasteiger partial charge in [-0.15, -0.1) is 0 Å². The highest BCUT2D eigenvalue weighted by Crippen LogP contribution is 2.28. The Morgan fingerprint density at radius 3 is 2.17 bits per heavy atom. The lowest BCUT2D eigenvalue weighted by molar-refractivity contribution is 1.05. The third kappa shape index (κ3) is 1.29. The molecule has 0 N–H and O–H groups in total. The molecule has 1 aromatic heterocycles. The van der Waals surface area contributed by atoms with Gasteiger partial charge >= 0.3 is 0 Å². The number of rotatable bonds is 0. The molecule has 0 atom stereocenters. The van der Waals surface area contributed by atoms with Gasteiger partial charge in [0.2, 0.25) is 0 Å². The third-order valence-electron chi connectivity index (χ3n) is 3.41. The Morgan fingerprint density at radius 1 is 0.556 bits per heavy atom. The van der Waals surface area contributed by atoms with E-state index in [2.05, 4.69) is 58.7 Å². The van der Waals surface area contributed by atoms with Crippen LogP contribution >= 0.6 is 0 Å². The van der Waals surface area contributed by atoms with Crippen molar-refractivity contribution in [2.45, 2.75) is 0 Å². The van der Waals surface area contributed by atoms with E-state index in [9.17, 15) is 0 Å². The monoisotopic (exact) mass is 230 g/mol. The molecule has 0 radical (unpaired) electrons. The molecule has 0 unspecified atom stereocenters. The summed E-state index contributed by atoms with van der Waals surface area (Å²) in [6, 6.07) is 17.1. The van der Waals surface area contributed by atoms with Crippen molar-refractivity contribution in [3.05, 3.63) is 60.9 Å². The fourth-order valence-electron chi connectivity index (χ4n) is 2.50. The lowest BCUT2D eigenvalue weighted by atomic mass is 10.00. The first-order valence-corrected chi connectivity index (χ1v) is 5.94. The van der Waals surface area contributed by atoms with Crippen LogP contribution in [0.5, 0.6) is 0 Å². The van der Waals surface area contributed by atoms with Crippen molar-refractivity contribution in [3.63, 3.8) is 0 Å². The highest BCUT2D eigenvalue weighted by atomic mass is 15.1. The molecule has 0 aliphatic carbocycles. The molecular weight excluding hydrogens is 220 g/mol. The van der Waals surface area contributed by atoms with Crippen LogP contribution in [0.15, 0.2) is 60.9 Å². The zero-order chi connectivity index (χ0) is 11.9. The van der Waals surface area contributed by atoms with Crippen molar-refractivity contribution >= 4 is 32.3 Å². The normalized spacial score (nSPS) is 11.3. The minimum Gasteiger partial charge on any atom is -0.158 e. The van der Waals surface area contributed by atoms with Crippen LogP contribution < -0.4 is 0 Å². The lowest BCUT2D eigenvalue weighted by Gasteiger charge is -2.05. The van der Waals surface area contributed by atoms with E-state index in [1.165, 1.54) is 21.5 Å². The fourth-order valence-corrected chi connectivity index (χ4v) is 2.50. The van der Waals surface area contributed by atoms with Gasteiger partial charge in [0.1, 0.15) is 0 Å². The molecule has 2 heteroatoms. The van der Waals surface area contributed by atoms with Crippen LogP contribution in [0.4, 0.5) is 0 Å². The quantitative estimate of drug-likeness (QED) is 0.338. The van der Waals surface area contributed by atoms with Gasteiger partial charge in [-0.05, 0) is 33.7 Å². The van der Waals surface area contributed by atoms with Crippen LogP contribution in [0.2, 0.25) is 0 Å². The number of hydrogen-bond donors (Lipinski definition) is 0. The highest BCUT2D eigenvalue weighted by Gasteiger charge is 2.02. The molecule has 2 nitrogen and oxygen atoms in total. The lowest BCUT2D eigenvalue weighted by Crippen LogP contribution is -1.83. The predicted molar refractivity (Wildman–Crippen MR) is 74.6 cm³/mol. The summed E-state index contributed by atoms with van der Waals surface area (Å²) in [5, 5.41) is 15.2. The number of aromatic nitrogens is 2. The summed E-state index contributed by atoms with van der Waals surface area (Å²) in [7, 11) is 0. The van der Waals surface area contributed by atoms with Gasteiger partial charge in [0.05, 0.1) is 12.4 Å². The van der Waals surface area contributed by atoms with E-state index < -0.39 is 0 Å². The summed E-state index contributed by atoms with van der Waals surface area (Å²) in [6.45, 7) is 0. The zero-order valence-corrected chi connectivity index (χ0v) is 9.67. The van der Waals surface area contributed by atoms with Crippen molar-refractivity contribution < 1.29 is 0 Å². The second-order valence-electron chi connectivity index (χ2n) is 4.48. The second kappa shape index (κ2) is 3.50. The van der Waals surface area contributed by atoms with E-state index in [4.69, 9.17) is 0 Å². The van der Waals surface area contributed by atoms with E-state index >= 15 is 0 Å². The van der Waals surface area contributed by atoms with Crippen molar-refractivity contribution in [3.8, 4) is 0 Å². The Labute approximate surface area is 104 Å². The van der Waals surface area contributed by atoms with Crippen molar-refractivity contribution in [1.29, 1.82) is 0 Å². The third-order valence-corrected chi connectivity index (χ3v) is 3.41. The summed E-state index contributed by atoms with van der Waals surface area (Å²) in [4.78, 5) is 0. The Kier molecular flexibility index (Phi) is 1.86. The maximum Gasteiger partial charge on any atom is 0.0580 e. The summed E-state index contributed by atoms with van der Waals surface area (Å²) < 4.78 is 0. The SMILES string of the molecule is c1ccc2cc3c(ccc4cnncc43)cc2c1. The average Bonchev–Trinajstić information content (AvgIpc) is 2.45. The Balaban J connectivity index is 2.27. The standard InChI is InChI=1S/C16H10N2/c1-2-4-12-8-15-13(7-11(12)3-1)5-6-14-9-17-18-10-16(14)15/h1-10H. The smallest absolute Gasteiger partial charge is 0.0580 e. The van der Waals surface area contributed by atoms with E-state index in [0.717, 1.165) is 10.8 Å². The first-order valence-electron chi connectivity index (χ1n) is 5.94. The molecule has 0 saturated carbocycles. The molecule has 0 amide bonds. The van der Waals surface area contributed by atoms with E-state index in [0.29, 0.717) is 0 Å². The summed E-state index contributed by atoms with van der Waals surface area (Å²) >= 11 is 0. The summed E-state index contributed by atoms with van der Waals surface area (Å²) in [6.07, 6.45) is 3.65. The zero-order valence-electron chi connectivity index (χ0n) is 9.67. The van der Waals surface area contributed by atoms with Gasteiger partial charge in [-0.25, -0.2) is 0 Å². The summed E-state index contributed by atoms with van der Waals surface area (Å²) in [5.41, 5.74) is 0. The number of benzene rings is 3. The van der Waals surface area contributed by atoms with Gasteiger partial charge < -0.3 is 0 Å². The highest BCUT2D eigenvalue weighted by molar-refractivity contribution is 6.11. The van der Waals surface area contributed by atoms with E-state index in [-0.39, 0.29) is 0 Å². The van der Waals surface area contributed by atoms with Crippen LogP contribution in [0.3, 0.4) is 0 Å². The van der Waals surface area contributed by atoms with Crippen LogP contribution in [0.25, 0.3) is 32.3 Å². The van der Waals surface area contributed by atoms with Gasteiger partial charge in [-0.1, -0.05) is 36.4 Å². The molecule has 1 heterocycles. The number of fused-ring (bicyclic) bond motifs is 4. The first-order chi connectivity index (χ1) is 8.92. The molecule has 4 rings (SSSR count). The minimum absolute atomic E-state index is 1.13. The molecule has 0 saturated heterocycles. The molecule has 0 aliphatic heterocycles. The van der Waals surface area contributed by atoms with Crippen molar-refractivity contribution in [1.82, 2.24) is 10.2 Å². The molecule has 18 heavy (non-hydrogen) atoms. The molecule has 0 bridgehead atoms. The molecule has 84 valence electrons. The average molecular weight is 230 g/mol. The second-order valence-corrected chi connectivity index (χ2v) is 4.48. The summed E-state index contributed by atoms with van der Waals surface area (Å²) in [5.74, 6) is 0. The Bertz CT molecular complexity index is 875. The van der Waals surface area contributed by atoms with Gasteiger partial charge in [-0.3, -0.25) is 0 Å². The van der Waals surface area contributed by atoms with Crippen LogP contribution in [0, 0.1) is 0 Å². The number of hydrogen-bond acceptors (Lipinski definition) is 2. The largest absolute Gasteiger partial charge is 0.158 e. The van der Waals surface area contributed by atoms with E-state index in [1.807, 2.05) is 12.4 Å². The van der Waals surface area contributed by atoms with Crippen molar-refractivity contribution in [2.24, 2.45) is 0 Å². The predicted octanol–water partition coefficient (Wildman–Crippen LogP) is 3.94. The topological polar surface area (TPSA) is 25.8 Å². The Morgan fingerprint density at radius 2 is 1.28 bits per heavy atom. The van der Waals surface area contributed by atoms with Crippen LogP contribution in [-0.2, 0) is 0 Å². The van der Waals surface area contributed by atoms with Gasteiger partial charge in [-0.2, -0.15) is 10.2 Å². The maximum atomic E-state index is 3.99. The van der Waals surface area contributed by atoms with Gasteiger partial charge in [0.25, 0.3) is 0 Å². The molecule has 0 fully saturated rings.